The van der Waals surface area contributed by atoms with Gasteiger partial charge in [0.2, 0.25) is 5.91 Å². The van der Waals surface area contributed by atoms with Crippen molar-refractivity contribution in [2.45, 2.75) is 53.0 Å². The fourth-order valence-corrected chi connectivity index (χ4v) is 5.53. The van der Waals surface area contributed by atoms with Crippen molar-refractivity contribution in [1.82, 2.24) is 24.6 Å². The maximum absolute atomic E-state index is 13.4. The largest absolute Gasteiger partial charge is 0.496 e. The number of pyridine rings is 1. The Morgan fingerprint density at radius 3 is 2.27 bits per heavy atom. The van der Waals surface area contributed by atoms with E-state index in [4.69, 9.17) is 24.3 Å². The van der Waals surface area contributed by atoms with Gasteiger partial charge in [-0.3, -0.25) is 9.69 Å². The quantitative estimate of drug-likeness (QED) is 0.152. The highest BCUT2D eigenvalue weighted by Gasteiger charge is 2.33. The van der Waals surface area contributed by atoms with Crippen molar-refractivity contribution in [2.24, 2.45) is 0 Å². The average molecular weight is 680 g/mol. The predicted molar refractivity (Wildman–Crippen MR) is 198 cm³/mol. The summed E-state index contributed by atoms with van der Waals surface area (Å²) in [6.07, 6.45) is 8.02. The summed E-state index contributed by atoms with van der Waals surface area (Å²) in [4.78, 5) is 34.2. The molecule has 1 unspecified atom stereocenters. The number of carbonyl (C=O) groups is 2. The number of rotatable bonds is 11. The van der Waals surface area contributed by atoms with E-state index in [0.29, 0.717) is 23.6 Å². The highest BCUT2D eigenvalue weighted by atomic mass is 32.3. The van der Waals surface area contributed by atoms with Crippen molar-refractivity contribution in [3.8, 4) is 28.1 Å². The molecular formula is C37H53N5O5S. The Morgan fingerprint density at radius 2 is 1.65 bits per heavy atom. The zero-order valence-corrected chi connectivity index (χ0v) is 31.5. The molecule has 0 aliphatic carbocycles. The van der Waals surface area contributed by atoms with Gasteiger partial charge in [0.05, 0.1) is 13.7 Å². The number of amides is 2. The van der Waals surface area contributed by atoms with Crippen molar-refractivity contribution in [3.63, 3.8) is 0 Å². The second-order valence-corrected chi connectivity index (χ2v) is 17.9. The Bertz CT molecular complexity index is 1690. The second kappa shape index (κ2) is 16.3. The molecule has 0 N–H and O–H groups in total. The van der Waals surface area contributed by atoms with Crippen molar-refractivity contribution in [3.05, 3.63) is 66.4 Å². The van der Waals surface area contributed by atoms with Crippen LogP contribution in [0.25, 0.3) is 33.4 Å². The van der Waals surface area contributed by atoms with Crippen molar-refractivity contribution in [1.29, 1.82) is 0 Å². The van der Waals surface area contributed by atoms with Crippen LogP contribution in [0.1, 0.15) is 46.2 Å². The second-order valence-electron chi connectivity index (χ2n) is 13.3. The molecule has 4 aromatic rings. The highest BCUT2D eigenvalue weighted by Crippen LogP contribution is 2.37. The molecule has 0 saturated carbocycles. The number of benzene rings is 2. The molecule has 2 aromatic carbocycles. The van der Waals surface area contributed by atoms with E-state index >= 15 is 0 Å². The van der Waals surface area contributed by atoms with Crippen LogP contribution in [0.3, 0.4) is 0 Å². The van der Waals surface area contributed by atoms with E-state index < -0.39 is 27.8 Å². The van der Waals surface area contributed by atoms with Gasteiger partial charge in [-0.15, -0.1) is 0 Å². The van der Waals surface area contributed by atoms with Crippen LogP contribution in [-0.4, -0.2) is 102 Å². The summed E-state index contributed by atoms with van der Waals surface area (Å²) in [5.74, 6) is 1.46. The molecule has 0 aliphatic heterocycles. The summed E-state index contributed by atoms with van der Waals surface area (Å²) in [5, 5.41) is 5.78. The fourth-order valence-electron chi connectivity index (χ4n) is 4.91. The van der Waals surface area contributed by atoms with Crippen LogP contribution in [0.5, 0.6) is 5.75 Å². The van der Waals surface area contributed by atoms with Gasteiger partial charge in [-0.25, -0.2) is 24.5 Å². The van der Waals surface area contributed by atoms with Gasteiger partial charge in [0.25, 0.3) is 0 Å². The molecule has 0 fully saturated rings. The molecule has 2 amide bonds. The first-order valence-electron chi connectivity index (χ1n) is 16.1. The molecule has 0 saturated heterocycles. The molecule has 0 radical (unpaired) electrons. The maximum Gasteiger partial charge on any atom is 0.410 e. The third kappa shape index (κ3) is 9.73. The van der Waals surface area contributed by atoms with Crippen LogP contribution in [0.2, 0.25) is 0 Å². The minimum Gasteiger partial charge on any atom is -0.496 e. The highest BCUT2D eigenvalue weighted by molar-refractivity contribution is 8.32. The van der Waals surface area contributed by atoms with Crippen LogP contribution in [0.15, 0.2) is 60.8 Å². The third-order valence-electron chi connectivity index (χ3n) is 7.28. The Morgan fingerprint density at radius 1 is 0.958 bits per heavy atom. The number of methoxy groups -OCH3 is 1. The van der Waals surface area contributed by atoms with Crippen molar-refractivity contribution in [2.75, 3.05) is 59.4 Å². The van der Waals surface area contributed by atoms with E-state index in [0.717, 1.165) is 33.5 Å². The Kier molecular flexibility index (Phi) is 13.1. The summed E-state index contributed by atoms with van der Waals surface area (Å²) in [7, 11) is 5.89. The topological polar surface area (TPSA) is 99.0 Å². The number of aromatic nitrogens is 3. The number of likely N-dealkylation sites (N-methyl/N-ethyl adjacent to an activating group) is 2. The SMILES string of the molecule is CC.COc1ccccc1-c1nn(COCCS(C)(C)C)c2ncc(-c3cccc(C(C(=O)N(C)C)N(C)C(=O)OC(C)(C)C)c3)cc12. The van der Waals surface area contributed by atoms with Gasteiger partial charge in [-0.2, -0.15) is 5.10 Å². The number of carbonyl (C=O) groups excluding carboxylic acids is 2. The summed E-state index contributed by atoms with van der Waals surface area (Å²) in [6.45, 7) is 10.3. The van der Waals surface area contributed by atoms with Gasteiger partial charge in [0.15, 0.2) is 5.65 Å². The third-order valence-corrected chi connectivity index (χ3v) is 8.67. The van der Waals surface area contributed by atoms with E-state index in [1.807, 2.05) is 68.4 Å². The molecule has 0 spiro atoms. The number of hydrogen-bond donors (Lipinski definition) is 0. The molecule has 48 heavy (non-hydrogen) atoms. The molecule has 262 valence electrons. The normalized spacial score (nSPS) is 12.5. The van der Waals surface area contributed by atoms with Gasteiger partial charge >= 0.3 is 6.09 Å². The van der Waals surface area contributed by atoms with E-state index in [2.05, 4.69) is 18.8 Å². The average Bonchev–Trinajstić information content (AvgIpc) is 3.40. The maximum atomic E-state index is 13.4. The van der Waals surface area contributed by atoms with Crippen LogP contribution < -0.4 is 4.74 Å². The molecule has 2 aromatic heterocycles. The summed E-state index contributed by atoms with van der Waals surface area (Å²) in [5.41, 5.74) is 3.88. The molecule has 0 aliphatic rings. The summed E-state index contributed by atoms with van der Waals surface area (Å²) in [6, 6.07) is 16.5. The zero-order valence-electron chi connectivity index (χ0n) is 30.7. The lowest BCUT2D eigenvalue weighted by Crippen LogP contribution is -2.43. The van der Waals surface area contributed by atoms with Crippen molar-refractivity contribution < 1.29 is 23.8 Å². The standard InChI is InChI=1S/C35H47N5O5S.C2H6/c1-35(2,3)45-34(42)39(6)31(33(41)38(4)5)25-15-13-14-24(20-25)26-21-28-30(27-16-11-12-17-29(27)43-7)37-40(32(28)36-22-26)23-44-18-19-46(8,9)10;1-2/h11-17,20-22,31H,18-19,23H2,1-10H3;1-2H3. The lowest BCUT2D eigenvalue weighted by molar-refractivity contribution is -0.134. The van der Waals surface area contributed by atoms with Crippen LogP contribution in [0, 0.1) is 0 Å². The van der Waals surface area contributed by atoms with E-state index in [9.17, 15) is 9.59 Å². The summed E-state index contributed by atoms with van der Waals surface area (Å²) < 4.78 is 19.1. The minimum absolute atomic E-state index is 0.244. The number of fused-ring (bicyclic) bond motifs is 1. The Balaban J connectivity index is 0.00000307. The van der Waals surface area contributed by atoms with Gasteiger partial charge in [-0.1, -0.05) is 44.2 Å². The van der Waals surface area contributed by atoms with Gasteiger partial charge in [0.1, 0.15) is 29.8 Å². The first-order valence-corrected chi connectivity index (χ1v) is 19.1. The first kappa shape index (κ1) is 38.4. The molecule has 0 bridgehead atoms. The van der Waals surface area contributed by atoms with E-state index in [-0.39, 0.29) is 12.6 Å². The lowest BCUT2D eigenvalue weighted by atomic mass is 9.98. The summed E-state index contributed by atoms with van der Waals surface area (Å²) >= 11 is 0. The molecular weight excluding hydrogens is 627 g/mol. The molecule has 4 rings (SSSR count). The lowest BCUT2D eigenvalue weighted by Gasteiger charge is -2.31. The van der Waals surface area contributed by atoms with E-state index in [1.165, 1.54) is 9.80 Å². The van der Waals surface area contributed by atoms with Crippen molar-refractivity contribution >= 4 is 33.1 Å². The smallest absolute Gasteiger partial charge is 0.410 e. The van der Waals surface area contributed by atoms with Gasteiger partial charge < -0.3 is 19.1 Å². The minimum atomic E-state index is -0.888. The van der Waals surface area contributed by atoms with Crippen LogP contribution >= 0.6 is 10.0 Å². The Labute approximate surface area is 287 Å². The molecule has 1 atom stereocenters. The van der Waals surface area contributed by atoms with E-state index in [1.54, 1.807) is 59.9 Å². The molecule has 11 heteroatoms. The molecule has 10 nitrogen and oxygen atoms in total. The first-order chi connectivity index (χ1) is 22.6. The fraction of sp³-hybridized carbons (Fsp3) is 0.459. The van der Waals surface area contributed by atoms with Gasteiger partial charge in [-0.05, 0) is 74.9 Å². The monoisotopic (exact) mass is 679 g/mol. The molecule has 2 heterocycles. The Hall–Kier alpha value is -4.09. The predicted octanol–water partition coefficient (Wildman–Crippen LogP) is 7.46. The zero-order chi connectivity index (χ0) is 35.8. The number of hydrogen-bond acceptors (Lipinski definition) is 7. The number of para-hydroxylation sites is 1. The van der Waals surface area contributed by atoms with Crippen LogP contribution in [-0.2, 0) is 21.0 Å². The van der Waals surface area contributed by atoms with Gasteiger partial charge in [0, 0.05) is 49.6 Å². The number of nitrogens with zero attached hydrogens (tertiary/aromatic N) is 5. The van der Waals surface area contributed by atoms with Crippen LogP contribution in [0.4, 0.5) is 4.79 Å². The number of ether oxygens (including phenoxy) is 3.